The minimum Gasteiger partial charge on any atom is -0.384 e. The molecule has 8 heteroatoms. The lowest BCUT2D eigenvalue weighted by Gasteiger charge is -2.35. The molecule has 0 atom stereocenters. The van der Waals surface area contributed by atoms with Crippen LogP contribution in [-0.4, -0.2) is 35.0 Å². The Morgan fingerprint density at radius 3 is 2.53 bits per heavy atom. The van der Waals surface area contributed by atoms with Gasteiger partial charge in [0.05, 0.1) is 11.6 Å². The van der Waals surface area contributed by atoms with Crippen LogP contribution in [0.5, 0.6) is 0 Å². The van der Waals surface area contributed by atoms with E-state index >= 15 is 0 Å². The van der Waals surface area contributed by atoms with Gasteiger partial charge in [0, 0.05) is 24.5 Å². The van der Waals surface area contributed by atoms with Crippen LogP contribution in [0, 0.1) is 5.41 Å². The van der Waals surface area contributed by atoms with Gasteiger partial charge in [-0.2, -0.15) is 0 Å². The van der Waals surface area contributed by atoms with Crippen molar-refractivity contribution in [1.82, 2.24) is 9.97 Å². The van der Waals surface area contributed by atoms with E-state index in [0.29, 0.717) is 37.6 Å². The zero-order valence-corrected chi connectivity index (χ0v) is 18.7. The number of rotatable bonds is 5. The van der Waals surface area contributed by atoms with Crippen LogP contribution >= 0.6 is 0 Å². The van der Waals surface area contributed by atoms with Crippen molar-refractivity contribution in [2.45, 2.75) is 51.4 Å². The molecule has 1 fully saturated rings. The quantitative estimate of drug-likeness (QED) is 0.568. The normalized spacial score (nSPS) is 19.8. The average molecular weight is 438 g/mol. The van der Waals surface area contributed by atoms with E-state index in [2.05, 4.69) is 35.2 Å². The Labute approximate surface area is 187 Å². The molecule has 1 aromatic heterocycles. The fourth-order valence-corrected chi connectivity index (χ4v) is 4.57. The van der Waals surface area contributed by atoms with Gasteiger partial charge in [-0.15, -0.1) is 0 Å². The molecule has 0 bridgehead atoms. The van der Waals surface area contributed by atoms with Gasteiger partial charge in [-0.25, -0.2) is 4.98 Å². The highest BCUT2D eigenvalue weighted by molar-refractivity contribution is 6.03. The Morgan fingerprint density at radius 1 is 1.19 bits per heavy atom. The van der Waals surface area contributed by atoms with E-state index < -0.39 is 5.41 Å². The fraction of sp³-hybridized carbons (Fsp3) is 0.458. The number of nitrogens with two attached hydrogens (primary N) is 2. The topological polar surface area (TPSA) is 136 Å². The molecule has 1 aromatic carbocycles. The summed E-state index contributed by atoms with van der Waals surface area (Å²) in [6.45, 7) is 5.50. The number of aromatic amines is 1. The van der Waals surface area contributed by atoms with Gasteiger partial charge >= 0.3 is 0 Å². The average Bonchev–Trinajstić information content (AvgIpc) is 3.21. The van der Waals surface area contributed by atoms with Crippen LogP contribution in [0.2, 0.25) is 0 Å². The monoisotopic (exact) mass is 437 g/mol. The van der Waals surface area contributed by atoms with Gasteiger partial charge in [0.15, 0.2) is 5.82 Å². The van der Waals surface area contributed by atoms with E-state index in [0.717, 1.165) is 36.0 Å². The second kappa shape index (κ2) is 8.43. The van der Waals surface area contributed by atoms with Crippen LogP contribution in [0.3, 0.4) is 0 Å². The second-order valence-electron chi connectivity index (χ2n) is 9.56. The van der Waals surface area contributed by atoms with Crippen LogP contribution in [0.25, 0.3) is 5.57 Å². The summed E-state index contributed by atoms with van der Waals surface area (Å²) >= 11 is 0. The Bertz CT molecular complexity index is 1060. The van der Waals surface area contributed by atoms with E-state index in [1.807, 2.05) is 18.2 Å². The minimum atomic E-state index is -0.764. The number of carbonyl (C=O) groups is 2. The number of hydrogen-bond acceptors (Lipinski definition) is 5. The summed E-state index contributed by atoms with van der Waals surface area (Å²) in [5.41, 5.74) is 14.7. The summed E-state index contributed by atoms with van der Waals surface area (Å²) in [6, 6.07) is 5.76. The first-order valence-corrected chi connectivity index (χ1v) is 11.0. The molecule has 2 aliphatic rings. The molecule has 170 valence electrons. The molecule has 1 aliphatic heterocycles. The van der Waals surface area contributed by atoms with E-state index in [1.165, 1.54) is 6.20 Å². The van der Waals surface area contributed by atoms with Crippen molar-refractivity contribution in [2.75, 3.05) is 24.3 Å². The number of imidazole rings is 1. The summed E-state index contributed by atoms with van der Waals surface area (Å²) in [7, 11) is 0. The fourth-order valence-electron chi connectivity index (χ4n) is 4.57. The summed E-state index contributed by atoms with van der Waals surface area (Å²) in [5, 5.41) is 2.96. The Balaban J connectivity index is 1.75. The molecular weight excluding hydrogens is 406 g/mol. The summed E-state index contributed by atoms with van der Waals surface area (Å²) in [4.78, 5) is 32.1. The number of anilines is 2. The number of ether oxygens (including phenoxy) is 1. The van der Waals surface area contributed by atoms with E-state index in [1.54, 1.807) is 0 Å². The second-order valence-corrected chi connectivity index (χ2v) is 9.56. The van der Waals surface area contributed by atoms with Crippen molar-refractivity contribution in [3.05, 3.63) is 47.4 Å². The predicted molar refractivity (Wildman–Crippen MR) is 124 cm³/mol. The Hall–Kier alpha value is -3.13. The lowest BCUT2D eigenvalue weighted by Crippen LogP contribution is -2.45. The molecule has 2 aromatic rings. The molecule has 8 nitrogen and oxygen atoms in total. The van der Waals surface area contributed by atoms with Gasteiger partial charge in [-0.1, -0.05) is 26.0 Å². The van der Waals surface area contributed by atoms with E-state index in [-0.39, 0.29) is 23.1 Å². The molecular formula is C24H31N5O3. The lowest BCUT2D eigenvalue weighted by atomic mass is 9.72. The number of primary amides is 1. The summed E-state index contributed by atoms with van der Waals surface area (Å²) in [6.07, 6.45) is 7.62. The van der Waals surface area contributed by atoms with Crippen molar-refractivity contribution in [3.63, 3.8) is 0 Å². The standard InChI is InChI=1S/C24H31N5O3/c1-23(2)7-5-15(6-8-23)17-13-16(24(22(26)31)9-11-32-12-10-24)3-4-18(17)28-21(30)20-27-14-19(25)29-20/h3-5,13-14H,6-12,25H2,1-2H3,(H2,26,31)(H,27,29)(H,28,30). The maximum atomic E-state index is 12.8. The number of aromatic nitrogens is 2. The number of H-pyrrole nitrogens is 1. The number of hydrogen-bond donors (Lipinski definition) is 4. The highest BCUT2D eigenvalue weighted by atomic mass is 16.5. The first-order valence-electron chi connectivity index (χ1n) is 11.0. The lowest BCUT2D eigenvalue weighted by molar-refractivity contribution is -0.127. The Kier molecular flexibility index (Phi) is 5.81. The zero-order chi connectivity index (χ0) is 22.9. The molecule has 0 unspecified atom stereocenters. The number of nitrogen functional groups attached to an aromatic ring is 1. The van der Waals surface area contributed by atoms with Crippen molar-refractivity contribution in [2.24, 2.45) is 11.1 Å². The molecule has 2 heterocycles. The van der Waals surface area contributed by atoms with Gasteiger partial charge in [-0.3, -0.25) is 9.59 Å². The molecule has 1 aliphatic carbocycles. The van der Waals surface area contributed by atoms with Crippen LogP contribution in [-0.2, 0) is 14.9 Å². The minimum absolute atomic E-state index is 0.148. The third kappa shape index (κ3) is 4.27. The van der Waals surface area contributed by atoms with Crippen LogP contribution in [0.1, 0.15) is 67.7 Å². The van der Waals surface area contributed by atoms with Gasteiger partial charge in [0.2, 0.25) is 5.91 Å². The maximum absolute atomic E-state index is 12.8. The zero-order valence-electron chi connectivity index (χ0n) is 18.7. The molecule has 1 saturated heterocycles. The highest BCUT2D eigenvalue weighted by Gasteiger charge is 2.40. The van der Waals surface area contributed by atoms with Gasteiger partial charge in [-0.05, 0) is 60.8 Å². The SMILES string of the molecule is CC1(C)CC=C(c2cc(C3(C(N)=O)CCOCC3)ccc2NC(=O)c2ncc(N)[nH]2)CC1. The van der Waals surface area contributed by atoms with Crippen molar-refractivity contribution < 1.29 is 14.3 Å². The Morgan fingerprint density at radius 2 is 1.94 bits per heavy atom. The number of amides is 2. The molecule has 0 spiro atoms. The van der Waals surface area contributed by atoms with E-state index in [4.69, 9.17) is 16.2 Å². The highest BCUT2D eigenvalue weighted by Crippen LogP contribution is 2.42. The smallest absolute Gasteiger partial charge is 0.291 e. The first-order chi connectivity index (χ1) is 15.2. The molecule has 0 radical (unpaired) electrons. The van der Waals surface area contributed by atoms with Crippen molar-refractivity contribution in [1.29, 1.82) is 0 Å². The third-order valence-electron chi connectivity index (χ3n) is 6.77. The van der Waals surface area contributed by atoms with Crippen molar-refractivity contribution >= 4 is 28.9 Å². The van der Waals surface area contributed by atoms with Crippen LogP contribution in [0.15, 0.2) is 30.5 Å². The number of nitrogens with zero attached hydrogens (tertiary/aromatic N) is 1. The molecule has 2 amide bonds. The van der Waals surface area contributed by atoms with Crippen LogP contribution < -0.4 is 16.8 Å². The number of carbonyl (C=O) groups excluding carboxylic acids is 2. The first kappa shape index (κ1) is 22.1. The third-order valence-corrected chi connectivity index (χ3v) is 6.77. The molecule has 6 N–H and O–H groups in total. The molecule has 0 saturated carbocycles. The van der Waals surface area contributed by atoms with Gasteiger partial charge in [0.25, 0.3) is 5.91 Å². The van der Waals surface area contributed by atoms with E-state index in [9.17, 15) is 9.59 Å². The largest absolute Gasteiger partial charge is 0.384 e. The number of nitrogens with one attached hydrogen (secondary N) is 2. The van der Waals surface area contributed by atoms with Gasteiger partial charge < -0.3 is 26.5 Å². The van der Waals surface area contributed by atoms with Crippen LogP contribution in [0.4, 0.5) is 11.5 Å². The summed E-state index contributed by atoms with van der Waals surface area (Å²) in [5.74, 6) is -0.239. The van der Waals surface area contributed by atoms with Crippen molar-refractivity contribution in [3.8, 4) is 0 Å². The number of allylic oxidation sites excluding steroid dienone is 2. The molecule has 4 rings (SSSR count). The maximum Gasteiger partial charge on any atom is 0.291 e. The number of benzene rings is 1. The molecule has 32 heavy (non-hydrogen) atoms. The summed E-state index contributed by atoms with van der Waals surface area (Å²) < 4.78 is 5.50. The predicted octanol–water partition coefficient (Wildman–Crippen LogP) is 3.37. The van der Waals surface area contributed by atoms with Gasteiger partial charge in [0.1, 0.15) is 5.82 Å².